The quantitative estimate of drug-likeness (QED) is 0.0943. The van der Waals surface area contributed by atoms with E-state index in [1.54, 1.807) is 12.7 Å². The molecule has 0 spiro atoms. The monoisotopic (exact) mass is 570 g/mol. The molecule has 2 aliphatic rings. The van der Waals surface area contributed by atoms with Crippen molar-refractivity contribution in [2.75, 3.05) is 0 Å². The van der Waals surface area contributed by atoms with E-state index in [9.17, 15) is 25.2 Å². The molecule has 7 heteroatoms. The highest BCUT2D eigenvalue weighted by Gasteiger charge is 2.46. The first kappa shape index (κ1) is 33.4. The minimum absolute atomic E-state index is 0.0208. The van der Waals surface area contributed by atoms with Crippen molar-refractivity contribution in [1.29, 1.82) is 0 Å². The Kier molecular flexibility index (Phi) is 14.5. The molecule has 1 aromatic rings. The summed E-state index contributed by atoms with van der Waals surface area (Å²) in [5, 5.41) is 42.8. The summed E-state index contributed by atoms with van der Waals surface area (Å²) in [6, 6.07) is 3.90. The lowest BCUT2D eigenvalue weighted by atomic mass is 9.81. The minimum atomic E-state index is -0.984. The van der Waals surface area contributed by atoms with E-state index in [2.05, 4.69) is 16.9 Å². The van der Waals surface area contributed by atoms with Crippen LogP contribution in [0.4, 0.5) is 0 Å². The molecule has 1 saturated carbocycles. The Morgan fingerprint density at radius 2 is 1.76 bits per heavy atom. The first-order valence-electron chi connectivity index (χ1n) is 16.2. The van der Waals surface area contributed by atoms with E-state index in [-0.39, 0.29) is 18.4 Å². The number of carboxylic acids is 1. The van der Waals surface area contributed by atoms with Crippen LogP contribution in [0.2, 0.25) is 0 Å². The highest BCUT2D eigenvalue weighted by atomic mass is 16.4. The molecule has 230 valence electrons. The number of aliphatic hydroxyl groups is 3. The zero-order valence-electron chi connectivity index (χ0n) is 25.2. The number of aromatic nitrogens is 1. The number of carbonyl (C=O) groups is 1. The van der Waals surface area contributed by atoms with Crippen molar-refractivity contribution in [3.63, 3.8) is 0 Å². The van der Waals surface area contributed by atoms with Crippen molar-refractivity contribution in [3.05, 3.63) is 42.2 Å². The lowest BCUT2D eigenvalue weighted by Gasteiger charge is -2.33. The van der Waals surface area contributed by atoms with Crippen molar-refractivity contribution < 1.29 is 25.2 Å². The number of rotatable bonds is 22. The van der Waals surface area contributed by atoms with E-state index >= 15 is 0 Å². The number of hydrogen-bond donors (Lipinski definition) is 4. The van der Waals surface area contributed by atoms with E-state index in [4.69, 9.17) is 0 Å². The summed E-state index contributed by atoms with van der Waals surface area (Å²) >= 11 is 0. The average molecular weight is 571 g/mol. The number of allylic oxidation sites excluding steroid dienone is 1. The molecule has 0 saturated heterocycles. The van der Waals surface area contributed by atoms with E-state index in [1.165, 1.54) is 31.3 Å². The zero-order valence-corrected chi connectivity index (χ0v) is 25.2. The van der Waals surface area contributed by atoms with Gasteiger partial charge >= 0.3 is 5.97 Å². The van der Waals surface area contributed by atoms with Crippen molar-refractivity contribution in [3.8, 4) is 0 Å². The van der Waals surface area contributed by atoms with Crippen LogP contribution in [0.3, 0.4) is 0 Å². The second-order valence-electron chi connectivity index (χ2n) is 12.7. The number of aliphatic carboxylic acids is 1. The van der Waals surface area contributed by atoms with Gasteiger partial charge in [0.15, 0.2) is 6.21 Å². The van der Waals surface area contributed by atoms with E-state index in [1.807, 2.05) is 24.4 Å². The third kappa shape index (κ3) is 11.6. The maximum atomic E-state index is 12.0. The van der Waals surface area contributed by atoms with Crippen LogP contribution in [-0.4, -0.2) is 50.4 Å². The molecule has 3 rings (SSSR count). The maximum absolute atomic E-state index is 12.0. The maximum Gasteiger partial charge on any atom is 0.309 e. The fourth-order valence-corrected chi connectivity index (χ4v) is 6.90. The Labute approximate surface area is 247 Å². The van der Waals surface area contributed by atoms with Crippen LogP contribution in [0.15, 0.2) is 35.0 Å². The molecule has 1 aromatic heterocycles. The SMILES string of the molecule is CCCCCCCC(O)CCCCCCC(C(=O)O)C(O)CCC1(O)CC(CC2=C[CH+]N=C2)CC1Cc1ccc[n-]1. The van der Waals surface area contributed by atoms with Crippen molar-refractivity contribution in [1.82, 2.24) is 4.98 Å². The highest BCUT2D eigenvalue weighted by molar-refractivity contribution is 5.81. The van der Waals surface area contributed by atoms with E-state index in [0.717, 1.165) is 63.5 Å². The van der Waals surface area contributed by atoms with Crippen LogP contribution in [0.5, 0.6) is 0 Å². The number of hydrogen-bond acceptors (Lipinski definition) is 5. The van der Waals surface area contributed by atoms with Crippen LogP contribution in [0.25, 0.3) is 0 Å². The Bertz CT molecular complexity index is 930. The summed E-state index contributed by atoms with van der Waals surface area (Å²) in [7, 11) is 0. The van der Waals surface area contributed by atoms with Crippen LogP contribution in [-0.2, 0) is 11.2 Å². The summed E-state index contributed by atoms with van der Waals surface area (Å²) in [5.74, 6) is -1.45. The summed E-state index contributed by atoms with van der Waals surface area (Å²) in [6.07, 6.45) is 19.9. The predicted molar refractivity (Wildman–Crippen MR) is 164 cm³/mol. The van der Waals surface area contributed by atoms with Gasteiger partial charge in [0.25, 0.3) is 0 Å². The molecule has 0 bridgehead atoms. The van der Waals surface area contributed by atoms with Crippen LogP contribution >= 0.6 is 0 Å². The number of unbranched alkanes of at least 4 members (excludes halogenated alkanes) is 7. The van der Waals surface area contributed by atoms with E-state index < -0.39 is 23.6 Å². The van der Waals surface area contributed by atoms with Gasteiger partial charge in [0.1, 0.15) is 12.1 Å². The van der Waals surface area contributed by atoms with Crippen molar-refractivity contribution in [2.45, 2.75) is 140 Å². The van der Waals surface area contributed by atoms with Gasteiger partial charge in [-0.2, -0.15) is 11.9 Å². The molecular weight excluding hydrogens is 516 g/mol. The minimum Gasteiger partial charge on any atom is -0.668 e. The molecule has 0 aromatic carbocycles. The third-order valence-electron chi connectivity index (χ3n) is 9.33. The van der Waals surface area contributed by atoms with E-state index in [0.29, 0.717) is 31.6 Å². The molecule has 41 heavy (non-hydrogen) atoms. The fourth-order valence-electron chi connectivity index (χ4n) is 6.90. The second-order valence-corrected chi connectivity index (χ2v) is 12.7. The number of carboxylic acid groups (broad SMARTS) is 1. The summed E-state index contributed by atoms with van der Waals surface area (Å²) in [4.78, 5) is 20.6. The molecule has 6 unspecified atom stereocenters. The average Bonchev–Trinajstić information content (AvgIpc) is 3.70. The van der Waals surface area contributed by atoms with Gasteiger partial charge in [0, 0.05) is 6.42 Å². The molecule has 1 aliphatic carbocycles. The molecule has 4 N–H and O–H groups in total. The lowest BCUT2D eigenvalue weighted by Crippen LogP contribution is -2.37. The van der Waals surface area contributed by atoms with Gasteiger partial charge in [0.2, 0.25) is 0 Å². The van der Waals surface area contributed by atoms with Gasteiger partial charge in [0.05, 0.1) is 29.8 Å². The first-order chi connectivity index (χ1) is 19.8. The van der Waals surface area contributed by atoms with Gasteiger partial charge in [-0.05, 0) is 63.2 Å². The molecule has 0 amide bonds. The standard InChI is InChI=1S/C34H54N2O5/c1-2-3-4-5-8-13-30(37)14-9-6-7-10-15-31(33(39)40)32(38)16-18-34(41)24-27(21-26-17-20-35-25-26)22-28(34)23-29-12-11-19-36-29/h11-12,17,19-20,25,27-28,30-32,37-38,41H,2-10,13-16,18,21-24H2,1H3,(H,39,40). The Balaban J connectivity index is 1.41. The molecule has 0 radical (unpaired) electrons. The summed E-state index contributed by atoms with van der Waals surface area (Å²) in [5.41, 5.74) is 1.18. The Hall–Kier alpha value is -2.09. The normalized spacial score (nSPS) is 24.2. The molecule has 1 aliphatic heterocycles. The van der Waals surface area contributed by atoms with Gasteiger partial charge in [-0.25, -0.2) is 0 Å². The van der Waals surface area contributed by atoms with Crippen molar-refractivity contribution >= 4 is 12.2 Å². The number of nitrogens with zero attached hydrogens (tertiary/aromatic N) is 2. The predicted octanol–water partition coefficient (Wildman–Crippen LogP) is 6.41. The first-order valence-corrected chi connectivity index (χ1v) is 16.2. The molecule has 1 fully saturated rings. The molecule has 2 heterocycles. The third-order valence-corrected chi connectivity index (χ3v) is 9.33. The lowest BCUT2D eigenvalue weighted by molar-refractivity contribution is -0.146. The van der Waals surface area contributed by atoms with Gasteiger partial charge in [-0.3, -0.25) is 4.79 Å². The summed E-state index contributed by atoms with van der Waals surface area (Å²) in [6.45, 7) is 4.00. The topological polar surface area (TPSA) is 124 Å². The largest absolute Gasteiger partial charge is 0.668 e. The number of aliphatic imine (C=N–C) groups is 1. The van der Waals surface area contributed by atoms with Crippen LogP contribution in [0, 0.1) is 24.3 Å². The molecule has 6 atom stereocenters. The molecule has 7 nitrogen and oxygen atoms in total. The molecular formula is C34H54N2O5. The Morgan fingerprint density at radius 3 is 2.37 bits per heavy atom. The fraction of sp³-hybridized carbons (Fsp3) is 0.735. The highest BCUT2D eigenvalue weighted by Crippen LogP contribution is 2.46. The zero-order chi connectivity index (χ0) is 29.5. The summed E-state index contributed by atoms with van der Waals surface area (Å²) < 4.78 is 0. The second kappa shape index (κ2) is 17.8. The number of aliphatic hydroxyl groups excluding tert-OH is 2. The smallest absolute Gasteiger partial charge is 0.309 e. The van der Waals surface area contributed by atoms with Crippen LogP contribution in [0.1, 0.15) is 122 Å². The van der Waals surface area contributed by atoms with Crippen molar-refractivity contribution in [2.24, 2.45) is 22.7 Å². The Morgan fingerprint density at radius 1 is 1.05 bits per heavy atom. The van der Waals surface area contributed by atoms with Gasteiger partial charge in [-0.1, -0.05) is 76.8 Å². The van der Waals surface area contributed by atoms with Gasteiger partial charge < -0.3 is 25.4 Å². The van der Waals surface area contributed by atoms with Gasteiger partial charge in [-0.15, -0.1) is 4.99 Å². The van der Waals surface area contributed by atoms with Crippen LogP contribution < -0.4 is 4.98 Å².